The molecule has 0 saturated carbocycles. The molecule has 3 heterocycles. The minimum atomic E-state index is -4.37. The number of nitrogens with zero attached hydrogens (tertiary/aromatic N) is 5. The van der Waals surface area contributed by atoms with Crippen LogP contribution in [0.3, 0.4) is 0 Å². The van der Waals surface area contributed by atoms with Crippen molar-refractivity contribution in [3.05, 3.63) is 47.7 Å². The number of rotatable bonds is 8. The summed E-state index contributed by atoms with van der Waals surface area (Å²) in [7, 11) is 0. The Bertz CT molecular complexity index is 1070. The molecule has 0 saturated heterocycles. The quantitative estimate of drug-likeness (QED) is 0.563. The summed E-state index contributed by atoms with van der Waals surface area (Å²) in [5.41, 5.74) is 2.09. The molecule has 3 aromatic rings. The third-order valence-corrected chi connectivity index (χ3v) is 4.37. The van der Waals surface area contributed by atoms with E-state index in [0.717, 1.165) is 0 Å². The van der Waals surface area contributed by atoms with Gasteiger partial charge in [-0.2, -0.15) is 23.4 Å². The molecule has 0 fully saturated rings. The van der Waals surface area contributed by atoms with Crippen molar-refractivity contribution in [3.63, 3.8) is 0 Å². The van der Waals surface area contributed by atoms with Crippen LogP contribution in [0.25, 0.3) is 5.65 Å². The molecule has 0 bridgehead atoms. The number of nitrogens with one attached hydrogen (secondary N) is 2. The van der Waals surface area contributed by atoms with Crippen LogP contribution in [0.2, 0.25) is 0 Å². The molecule has 9 nitrogen and oxygen atoms in total. The van der Waals surface area contributed by atoms with Crippen molar-refractivity contribution in [2.75, 3.05) is 0 Å². The maximum Gasteiger partial charge on any atom is 0.389 e. The number of carbonyl (C=O) groups is 2. The molecule has 0 radical (unpaired) electrons. The summed E-state index contributed by atoms with van der Waals surface area (Å²) < 4.78 is 39.6. The number of hydrogen-bond acceptors (Lipinski definition) is 5. The van der Waals surface area contributed by atoms with E-state index in [-0.39, 0.29) is 25.0 Å². The molecule has 0 aromatic carbocycles. The van der Waals surface area contributed by atoms with Crippen molar-refractivity contribution >= 4 is 17.5 Å². The Labute approximate surface area is 175 Å². The zero-order chi connectivity index (χ0) is 22.6. The normalized spacial score (nSPS) is 11.8. The van der Waals surface area contributed by atoms with Crippen molar-refractivity contribution in [1.82, 2.24) is 35.0 Å². The Morgan fingerprint density at radius 3 is 2.65 bits per heavy atom. The van der Waals surface area contributed by atoms with E-state index in [2.05, 4.69) is 25.8 Å². The van der Waals surface area contributed by atoms with Gasteiger partial charge in [0.25, 0.3) is 5.91 Å². The summed E-state index contributed by atoms with van der Waals surface area (Å²) in [5, 5.41) is 13.5. The van der Waals surface area contributed by atoms with Crippen molar-refractivity contribution in [1.29, 1.82) is 0 Å². The monoisotopic (exact) mass is 437 g/mol. The highest BCUT2D eigenvalue weighted by molar-refractivity contribution is 5.92. The lowest BCUT2D eigenvalue weighted by atomic mass is 10.2. The number of aromatic nitrogens is 5. The molecule has 2 N–H and O–H groups in total. The largest absolute Gasteiger partial charge is 0.389 e. The fourth-order valence-corrected chi connectivity index (χ4v) is 2.86. The van der Waals surface area contributed by atoms with Gasteiger partial charge in [-0.05, 0) is 31.5 Å². The smallest absolute Gasteiger partial charge is 0.352 e. The number of alkyl halides is 3. The highest BCUT2D eigenvalue weighted by Gasteiger charge is 2.27. The van der Waals surface area contributed by atoms with Crippen LogP contribution in [0.4, 0.5) is 13.2 Å². The molecule has 0 aliphatic carbocycles. The third kappa shape index (κ3) is 6.03. The van der Waals surface area contributed by atoms with Gasteiger partial charge in [-0.1, -0.05) is 0 Å². The molecule has 2 amide bonds. The molecule has 12 heteroatoms. The maximum atomic E-state index is 12.4. The zero-order valence-electron chi connectivity index (χ0n) is 17.0. The number of hydrogen-bond donors (Lipinski definition) is 2. The van der Waals surface area contributed by atoms with Crippen LogP contribution in [0, 0.1) is 0 Å². The molecule has 166 valence electrons. The predicted octanol–water partition coefficient (Wildman–Crippen LogP) is 2.40. The summed E-state index contributed by atoms with van der Waals surface area (Å²) in [6, 6.07) is 3.34. The lowest BCUT2D eigenvalue weighted by Gasteiger charge is -2.10. The highest BCUT2D eigenvalue weighted by Crippen LogP contribution is 2.21. The van der Waals surface area contributed by atoms with Gasteiger partial charge in [-0.25, -0.2) is 9.50 Å². The first-order valence-corrected chi connectivity index (χ1v) is 9.61. The SMILES string of the molecule is CC(C)n1nccc1C(=O)NCc1cn2ncc(CNC(=O)CCC(F)(F)F)cc2n1. The number of fused-ring (bicyclic) bond motifs is 1. The fraction of sp³-hybridized carbons (Fsp3) is 0.421. The second-order valence-corrected chi connectivity index (χ2v) is 7.23. The van der Waals surface area contributed by atoms with Gasteiger partial charge >= 0.3 is 6.18 Å². The maximum absolute atomic E-state index is 12.4. The van der Waals surface area contributed by atoms with Gasteiger partial charge in [0.05, 0.1) is 31.1 Å². The molecular formula is C19H22F3N7O2. The van der Waals surface area contributed by atoms with Gasteiger partial charge in [0, 0.05) is 25.2 Å². The Morgan fingerprint density at radius 2 is 1.94 bits per heavy atom. The third-order valence-electron chi connectivity index (χ3n) is 4.37. The van der Waals surface area contributed by atoms with E-state index in [9.17, 15) is 22.8 Å². The standard InChI is InChI=1S/C19H22F3N7O2/c1-12(2)29-15(4-6-25-29)18(31)24-10-14-11-28-16(27-14)7-13(9-26-28)8-23-17(30)3-5-19(20,21)22/h4,6-7,9,11-12H,3,5,8,10H2,1-2H3,(H,23,30)(H,24,31). The van der Waals surface area contributed by atoms with Crippen LogP contribution in [0.5, 0.6) is 0 Å². The van der Waals surface area contributed by atoms with E-state index in [1.807, 2.05) is 13.8 Å². The molecule has 0 aliphatic rings. The van der Waals surface area contributed by atoms with Crippen molar-refractivity contribution in [3.8, 4) is 0 Å². The summed E-state index contributed by atoms with van der Waals surface area (Å²) in [6.45, 7) is 4.06. The molecular weight excluding hydrogens is 415 g/mol. The van der Waals surface area contributed by atoms with Crippen LogP contribution in [0.15, 0.2) is 30.7 Å². The van der Waals surface area contributed by atoms with Crippen LogP contribution in [-0.4, -0.2) is 42.4 Å². The van der Waals surface area contributed by atoms with Gasteiger partial charge in [-0.3, -0.25) is 14.3 Å². The second-order valence-electron chi connectivity index (χ2n) is 7.23. The highest BCUT2D eigenvalue weighted by atomic mass is 19.4. The van der Waals surface area contributed by atoms with E-state index in [4.69, 9.17) is 0 Å². The minimum Gasteiger partial charge on any atom is -0.352 e. The first-order chi connectivity index (χ1) is 14.6. The molecule has 0 atom stereocenters. The molecule has 3 aromatic heterocycles. The lowest BCUT2D eigenvalue weighted by Crippen LogP contribution is -2.26. The van der Waals surface area contributed by atoms with Gasteiger partial charge in [0.15, 0.2) is 5.65 Å². The molecule has 31 heavy (non-hydrogen) atoms. The van der Waals surface area contributed by atoms with E-state index >= 15 is 0 Å². The van der Waals surface area contributed by atoms with Crippen LogP contribution in [0.1, 0.15) is 54.5 Å². The van der Waals surface area contributed by atoms with Crippen LogP contribution >= 0.6 is 0 Å². The summed E-state index contributed by atoms with van der Waals surface area (Å²) in [5.74, 6) is -0.969. The van der Waals surface area contributed by atoms with Crippen molar-refractivity contribution < 1.29 is 22.8 Å². The Kier molecular flexibility index (Phi) is 6.56. The van der Waals surface area contributed by atoms with E-state index in [1.165, 1.54) is 10.7 Å². The first kappa shape index (κ1) is 22.2. The van der Waals surface area contributed by atoms with Gasteiger partial charge < -0.3 is 10.6 Å². The Morgan fingerprint density at radius 1 is 1.16 bits per heavy atom. The number of imidazole rings is 1. The number of carbonyl (C=O) groups excluding carboxylic acids is 2. The Hall–Kier alpha value is -3.44. The summed E-state index contributed by atoms with van der Waals surface area (Å²) >= 11 is 0. The van der Waals surface area contributed by atoms with Crippen molar-refractivity contribution in [2.45, 2.75) is 52.0 Å². The van der Waals surface area contributed by atoms with E-state index in [1.54, 1.807) is 29.2 Å². The van der Waals surface area contributed by atoms with Gasteiger partial charge in [-0.15, -0.1) is 0 Å². The number of amides is 2. The first-order valence-electron chi connectivity index (χ1n) is 9.61. The predicted molar refractivity (Wildman–Crippen MR) is 104 cm³/mol. The molecule has 0 aliphatic heterocycles. The van der Waals surface area contributed by atoms with Gasteiger partial charge in [0.1, 0.15) is 5.69 Å². The average molecular weight is 437 g/mol. The zero-order valence-corrected chi connectivity index (χ0v) is 17.0. The van der Waals surface area contributed by atoms with Gasteiger partial charge in [0.2, 0.25) is 5.91 Å². The average Bonchev–Trinajstić information content (AvgIpc) is 3.34. The number of halogens is 3. The Balaban J connectivity index is 1.57. The second kappa shape index (κ2) is 9.14. The minimum absolute atomic E-state index is 0.0400. The van der Waals surface area contributed by atoms with E-state index < -0.39 is 24.9 Å². The van der Waals surface area contributed by atoms with Crippen molar-refractivity contribution in [2.24, 2.45) is 0 Å². The summed E-state index contributed by atoms with van der Waals surface area (Å²) in [6.07, 6.45) is -1.45. The summed E-state index contributed by atoms with van der Waals surface area (Å²) in [4.78, 5) is 28.3. The van der Waals surface area contributed by atoms with Crippen LogP contribution < -0.4 is 10.6 Å². The topological polar surface area (TPSA) is 106 Å². The fourth-order valence-electron chi connectivity index (χ4n) is 2.86. The molecule has 0 unspecified atom stereocenters. The molecule has 0 spiro atoms. The molecule has 3 rings (SSSR count). The lowest BCUT2D eigenvalue weighted by molar-refractivity contribution is -0.144. The van der Waals surface area contributed by atoms with E-state index in [0.29, 0.717) is 22.6 Å². The van der Waals surface area contributed by atoms with Crippen LogP contribution in [-0.2, 0) is 17.9 Å².